The number of ether oxygens (including phenoxy) is 1. The molecule has 0 fully saturated rings. The van der Waals surface area contributed by atoms with Crippen LogP contribution >= 0.6 is 35.1 Å². The first kappa shape index (κ1) is 17.3. The van der Waals surface area contributed by atoms with Gasteiger partial charge < -0.3 is 4.74 Å². The predicted molar refractivity (Wildman–Crippen MR) is 94.0 cm³/mol. The SMILES string of the molecule is CCOC(=O)C(C)Sc1ccc(Sc2ccc(Cl)cc2)cc1. The number of carbonyl (C=O) groups is 1. The zero-order valence-electron chi connectivity index (χ0n) is 12.4. The average Bonchev–Trinajstić information content (AvgIpc) is 2.51. The summed E-state index contributed by atoms with van der Waals surface area (Å²) < 4.78 is 5.01. The summed E-state index contributed by atoms with van der Waals surface area (Å²) >= 11 is 9.07. The third-order valence-electron chi connectivity index (χ3n) is 2.80. The molecule has 0 spiro atoms. The van der Waals surface area contributed by atoms with Crippen LogP contribution in [0.5, 0.6) is 0 Å². The smallest absolute Gasteiger partial charge is 0.319 e. The number of rotatable bonds is 6. The first-order chi connectivity index (χ1) is 10.6. The van der Waals surface area contributed by atoms with Crippen LogP contribution in [0.2, 0.25) is 5.02 Å². The Bertz CT molecular complexity index is 612. The van der Waals surface area contributed by atoms with E-state index in [2.05, 4.69) is 12.1 Å². The van der Waals surface area contributed by atoms with E-state index in [4.69, 9.17) is 16.3 Å². The van der Waals surface area contributed by atoms with E-state index in [0.717, 1.165) is 19.7 Å². The van der Waals surface area contributed by atoms with Gasteiger partial charge in [-0.15, -0.1) is 11.8 Å². The normalized spacial score (nSPS) is 12.0. The van der Waals surface area contributed by atoms with Gasteiger partial charge in [0.15, 0.2) is 0 Å². The zero-order chi connectivity index (χ0) is 15.9. The van der Waals surface area contributed by atoms with Gasteiger partial charge in [0.1, 0.15) is 5.25 Å². The van der Waals surface area contributed by atoms with E-state index >= 15 is 0 Å². The van der Waals surface area contributed by atoms with E-state index in [1.807, 2.05) is 50.2 Å². The van der Waals surface area contributed by atoms with Crippen molar-refractivity contribution in [2.24, 2.45) is 0 Å². The molecule has 0 aliphatic carbocycles. The van der Waals surface area contributed by atoms with E-state index < -0.39 is 0 Å². The van der Waals surface area contributed by atoms with Gasteiger partial charge in [-0.25, -0.2) is 0 Å². The van der Waals surface area contributed by atoms with Gasteiger partial charge in [0.2, 0.25) is 0 Å². The second-order valence-corrected chi connectivity index (χ2v) is 7.54. The summed E-state index contributed by atoms with van der Waals surface area (Å²) in [7, 11) is 0. The second kappa shape index (κ2) is 8.51. The first-order valence-corrected chi connectivity index (χ1v) is 9.02. The molecular weight excluding hydrogens is 336 g/mol. The van der Waals surface area contributed by atoms with E-state index in [0.29, 0.717) is 6.61 Å². The third-order valence-corrected chi connectivity index (χ3v) is 5.16. The Morgan fingerprint density at radius 3 is 2.09 bits per heavy atom. The summed E-state index contributed by atoms with van der Waals surface area (Å²) in [5.74, 6) is -0.174. The highest BCUT2D eigenvalue weighted by atomic mass is 35.5. The molecule has 0 heterocycles. The van der Waals surface area contributed by atoms with Crippen molar-refractivity contribution < 1.29 is 9.53 Å². The number of benzene rings is 2. The molecule has 1 atom stereocenters. The third kappa shape index (κ3) is 5.27. The van der Waals surface area contributed by atoms with Crippen molar-refractivity contribution in [3.8, 4) is 0 Å². The summed E-state index contributed by atoms with van der Waals surface area (Å²) in [6.07, 6.45) is 0. The fourth-order valence-electron chi connectivity index (χ4n) is 1.74. The second-order valence-electron chi connectivity index (χ2n) is 4.54. The predicted octanol–water partition coefficient (Wildman–Crippen LogP) is 5.53. The largest absolute Gasteiger partial charge is 0.465 e. The molecular formula is C17H17ClO2S2. The minimum absolute atomic E-state index is 0.174. The number of halogens is 1. The van der Waals surface area contributed by atoms with Crippen molar-refractivity contribution in [1.29, 1.82) is 0 Å². The lowest BCUT2D eigenvalue weighted by Crippen LogP contribution is -2.16. The van der Waals surface area contributed by atoms with Crippen LogP contribution in [-0.4, -0.2) is 17.8 Å². The van der Waals surface area contributed by atoms with Crippen molar-refractivity contribution in [1.82, 2.24) is 0 Å². The molecule has 0 radical (unpaired) electrons. The Labute approximate surface area is 144 Å². The maximum atomic E-state index is 11.6. The molecule has 1 unspecified atom stereocenters. The molecule has 2 aromatic carbocycles. The lowest BCUT2D eigenvalue weighted by atomic mass is 10.4. The molecule has 116 valence electrons. The van der Waals surface area contributed by atoms with Crippen LogP contribution in [0, 0.1) is 0 Å². The van der Waals surface area contributed by atoms with Crippen LogP contribution in [-0.2, 0) is 9.53 Å². The quantitative estimate of drug-likeness (QED) is 0.504. The summed E-state index contributed by atoms with van der Waals surface area (Å²) in [6, 6.07) is 15.9. The van der Waals surface area contributed by atoms with Crippen molar-refractivity contribution in [3.63, 3.8) is 0 Å². The van der Waals surface area contributed by atoms with E-state index in [-0.39, 0.29) is 11.2 Å². The molecule has 0 saturated carbocycles. The fourth-order valence-corrected chi connectivity index (χ4v) is 3.55. The molecule has 2 nitrogen and oxygen atoms in total. The van der Waals surface area contributed by atoms with Crippen LogP contribution in [0.4, 0.5) is 0 Å². The van der Waals surface area contributed by atoms with E-state index in [1.54, 1.807) is 11.8 Å². The molecule has 22 heavy (non-hydrogen) atoms. The van der Waals surface area contributed by atoms with Crippen LogP contribution in [0.25, 0.3) is 0 Å². The van der Waals surface area contributed by atoms with Gasteiger partial charge in [0, 0.05) is 19.7 Å². The van der Waals surface area contributed by atoms with Gasteiger partial charge in [-0.1, -0.05) is 23.4 Å². The lowest BCUT2D eigenvalue weighted by Gasteiger charge is -2.10. The average molecular weight is 353 g/mol. The highest BCUT2D eigenvalue weighted by Crippen LogP contribution is 2.31. The summed E-state index contributed by atoms with van der Waals surface area (Å²) in [6.45, 7) is 4.09. The Hall–Kier alpha value is -1.10. The van der Waals surface area contributed by atoms with Crippen molar-refractivity contribution >= 4 is 41.1 Å². The van der Waals surface area contributed by atoms with Crippen LogP contribution in [0.3, 0.4) is 0 Å². The number of hydrogen-bond donors (Lipinski definition) is 0. The monoisotopic (exact) mass is 352 g/mol. The zero-order valence-corrected chi connectivity index (χ0v) is 14.8. The van der Waals surface area contributed by atoms with Crippen molar-refractivity contribution in [2.45, 2.75) is 33.8 Å². The Kier molecular flexibility index (Phi) is 6.68. The number of esters is 1. The number of carbonyl (C=O) groups excluding carboxylic acids is 1. The summed E-state index contributed by atoms with van der Waals surface area (Å²) in [4.78, 5) is 15.0. The molecule has 0 amide bonds. The maximum absolute atomic E-state index is 11.6. The molecule has 0 bridgehead atoms. The van der Waals surface area contributed by atoms with Gasteiger partial charge in [0.25, 0.3) is 0 Å². The van der Waals surface area contributed by atoms with E-state index in [9.17, 15) is 4.79 Å². The molecule has 5 heteroatoms. The van der Waals surface area contributed by atoms with Gasteiger partial charge in [0.05, 0.1) is 6.61 Å². The highest BCUT2D eigenvalue weighted by Gasteiger charge is 2.15. The minimum Gasteiger partial charge on any atom is -0.465 e. The van der Waals surface area contributed by atoms with Crippen LogP contribution in [0.15, 0.2) is 63.2 Å². The topological polar surface area (TPSA) is 26.3 Å². The van der Waals surface area contributed by atoms with Gasteiger partial charge in [-0.3, -0.25) is 4.79 Å². The summed E-state index contributed by atoms with van der Waals surface area (Å²) in [5, 5.41) is 0.541. The molecule has 0 saturated heterocycles. The number of thioether (sulfide) groups is 1. The first-order valence-electron chi connectivity index (χ1n) is 6.95. The molecule has 2 rings (SSSR count). The molecule has 0 aliphatic rings. The van der Waals surface area contributed by atoms with Crippen molar-refractivity contribution in [3.05, 3.63) is 53.6 Å². The molecule has 0 aliphatic heterocycles. The van der Waals surface area contributed by atoms with Crippen molar-refractivity contribution in [2.75, 3.05) is 6.61 Å². The molecule has 0 N–H and O–H groups in total. The maximum Gasteiger partial charge on any atom is 0.319 e. The Morgan fingerprint density at radius 1 is 1.05 bits per heavy atom. The summed E-state index contributed by atoms with van der Waals surface area (Å²) in [5.41, 5.74) is 0. The highest BCUT2D eigenvalue weighted by molar-refractivity contribution is 8.00. The minimum atomic E-state index is -0.199. The Balaban J connectivity index is 1.95. The van der Waals surface area contributed by atoms with Gasteiger partial charge >= 0.3 is 5.97 Å². The standard InChI is InChI=1S/C17H17ClO2S2/c1-3-20-17(19)12(2)21-14-8-10-16(11-9-14)22-15-6-4-13(18)5-7-15/h4-12H,3H2,1-2H3. The fraction of sp³-hybridized carbons (Fsp3) is 0.235. The van der Waals surface area contributed by atoms with E-state index in [1.165, 1.54) is 11.8 Å². The number of hydrogen-bond acceptors (Lipinski definition) is 4. The Morgan fingerprint density at radius 2 is 1.55 bits per heavy atom. The van der Waals surface area contributed by atoms with Gasteiger partial charge in [-0.05, 0) is 62.4 Å². The lowest BCUT2D eigenvalue weighted by molar-refractivity contribution is -0.142. The van der Waals surface area contributed by atoms with Crippen LogP contribution in [0.1, 0.15) is 13.8 Å². The molecule has 0 aromatic heterocycles. The molecule has 2 aromatic rings. The van der Waals surface area contributed by atoms with Crippen LogP contribution < -0.4 is 0 Å². The van der Waals surface area contributed by atoms with Gasteiger partial charge in [-0.2, -0.15) is 0 Å².